The number of rotatable bonds is 7. The number of anilines is 1. The molecule has 0 heterocycles. The predicted octanol–water partition coefficient (Wildman–Crippen LogP) is 4.76. The molecule has 0 saturated carbocycles. The minimum Gasteiger partial charge on any atom is -0.368 e. The van der Waals surface area contributed by atoms with E-state index >= 15 is 0 Å². The highest BCUT2D eigenvalue weighted by Crippen LogP contribution is 2.52. The molecule has 4 nitrogen and oxygen atoms in total. The molecule has 1 N–H and O–H groups in total. The van der Waals surface area contributed by atoms with Crippen LogP contribution in [0.15, 0.2) is 60.7 Å². The number of halogens is 1. The summed E-state index contributed by atoms with van der Waals surface area (Å²) in [5.41, 5.74) is 1.57. The maximum absolute atomic E-state index is 13.0. The Balaban J connectivity index is 2.26. The van der Waals surface area contributed by atoms with Gasteiger partial charge in [0.05, 0.1) is 0 Å². The molecule has 0 amide bonds. The molecular formula is C17H19FNO3P. The van der Waals surface area contributed by atoms with Gasteiger partial charge in [-0.25, -0.2) is 4.39 Å². The first kappa shape index (κ1) is 17.4. The van der Waals surface area contributed by atoms with Crippen LogP contribution in [0.2, 0.25) is 0 Å². The number of nitrogens with one attached hydrogen (secondary N) is 1. The monoisotopic (exact) mass is 335 g/mol. The molecule has 0 radical (unpaired) electrons. The molecule has 0 aliphatic rings. The first-order chi connectivity index (χ1) is 11.1. The average molecular weight is 335 g/mol. The Bertz CT molecular complexity index is 681. The molecular weight excluding hydrogens is 316 g/mol. The molecule has 2 rings (SSSR count). The summed E-state index contributed by atoms with van der Waals surface area (Å²) in [5.74, 6) is -1.04. The lowest BCUT2D eigenvalue weighted by Crippen LogP contribution is -2.19. The van der Waals surface area contributed by atoms with E-state index in [1.165, 1.54) is 26.4 Å². The van der Waals surface area contributed by atoms with E-state index in [4.69, 9.17) is 9.05 Å². The van der Waals surface area contributed by atoms with E-state index in [-0.39, 0.29) is 5.82 Å². The fraction of sp³-hybridized carbons (Fsp3) is 0.176. The molecule has 0 aliphatic heterocycles. The zero-order chi connectivity index (χ0) is 16.7. The molecule has 0 aliphatic carbocycles. The largest absolute Gasteiger partial charge is 0.368 e. The van der Waals surface area contributed by atoms with Crippen molar-refractivity contribution in [1.29, 1.82) is 0 Å². The molecule has 0 bridgehead atoms. The molecule has 6 heteroatoms. The fourth-order valence-corrected chi connectivity index (χ4v) is 3.22. The van der Waals surface area contributed by atoms with Crippen molar-refractivity contribution in [1.82, 2.24) is 0 Å². The molecule has 0 spiro atoms. The predicted molar refractivity (Wildman–Crippen MR) is 90.9 cm³/mol. The third-order valence-corrected chi connectivity index (χ3v) is 5.28. The van der Waals surface area contributed by atoms with Crippen LogP contribution >= 0.6 is 7.60 Å². The summed E-state index contributed by atoms with van der Waals surface area (Å²) in [6.45, 7) is 0. The van der Waals surface area contributed by atoms with E-state index in [9.17, 15) is 8.96 Å². The zero-order valence-corrected chi connectivity index (χ0v) is 13.9. The van der Waals surface area contributed by atoms with Crippen molar-refractivity contribution in [2.75, 3.05) is 19.5 Å². The molecule has 23 heavy (non-hydrogen) atoms. The van der Waals surface area contributed by atoms with Gasteiger partial charge in [0, 0.05) is 19.9 Å². The second-order valence-electron chi connectivity index (χ2n) is 4.77. The van der Waals surface area contributed by atoms with Crippen molar-refractivity contribution in [3.8, 4) is 0 Å². The summed E-state index contributed by atoms with van der Waals surface area (Å²) < 4.78 is 35.9. The maximum Gasteiger partial charge on any atom is 0.356 e. The molecule has 2 aromatic carbocycles. The van der Waals surface area contributed by atoms with Gasteiger partial charge in [-0.15, -0.1) is 0 Å². The second kappa shape index (κ2) is 8.06. The zero-order valence-electron chi connectivity index (χ0n) is 13.0. The summed E-state index contributed by atoms with van der Waals surface area (Å²) in [7, 11) is -0.731. The third kappa shape index (κ3) is 4.76. The summed E-state index contributed by atoms with van der Waals surface area (Å²) in [5, 5.41) is 3.05. The van der Waals surface area contributed by atoms with E-state index in [1.54, 1.807) is 18.2 Å². The van der Waals surface area contributed by atoms with Crippen molar-refractivity contribution in [2.24, 2.45) is 0 Å². The van der Waals surface area contributed by atoms with Gasteiger partial charge in [-0.3, -0.25) is 4.57 Å². The van der Waals surface area contributed by atoms with Crippen LogP contribution in [0.25, 0.3) is 6.08 Å². The Morgan fingerprint density at radius 2 is 1.65 bits per heavy atom. The van der Waals surface area contributed by atoms with Crippen LogP contribution in [0.5, 0.6) is 0 Å². The van der Waals surface area contributed by atoms with Gasteiger partial charge in [-0.2, -0.15) is 0 Å². The minimum absolute atomic E-state index is 0.339. The molecule has 122 valence electrons. The van der Waals surface area contributed by atoms with Gasteiger partial charge < -0.3 is 14.4 Å². The molecule has 0 fully saturated rings. The highest BCUT2D eigenvalue weighted by atomic mass is 31.2. The highest BCUT2D eigenvalue weighted by molar-refractivity contribution is 7.55. The van der Waals surface area contributed by atoms with Gasteiger partial charge in [0.2, 0.25) is 0 Å². The van der Waals surface area contributed by atoms with E-state index in [1.807, 2.05) is 36.4 Å². The van der Waals surface area contributed by atoms with Gasteiger partial charge in [0.15, 0.2) is 0 Å². The van der Waals surface area contributed by atoms with Crippen molar-refractivity contribution in [3.63, 3.8) is 0 Å². The van der Waals surface area contributed by atoms with Gasteiger partial charge in [0.1, 0.15) is 11.6 Å². The maximum atomic E-state index is 13.0. The standard InChI is InChI=1S/C17H19FNO3P/c1-21-23(20,22-2)17(13-8-14-6-4-3-5-7-14)19-16-11-9-15(18)10-12-16/h3-13,17,19H,1-2H3/b13-8+. The van der Waals surface area contributed by atoms with Gasteiger partial charge >= 0.3 is 7.60 Å². The molecule has 0 saturated heterocycles. The van der Waals surface area contributed by atoms with E-state index < -0.39 is 13.4 Å². The van der Waals surface area contributed by atoms with E-state index in [0.29, 0.717) is 5.69 Å². The van der Waals surface area contributed by atoms with Crippen LogP contribution in [0.3, 0.4) is 0 Å². The second-order valence-corrected chi connectivity index (χ2v) is 7.14. The van der Waals surface area contributed by atoms with Crippen LogP contribution in [0.1, 0.15) is 5.56 Å². The summed E-state index contributed by atoms with van der Waals surface area (Å²) in [4.78, 5) is 0. The van der Waals surface area contributed by atoms with Crippen LogP contribution in [0, 0.1) is 5.82 Å². The Hall–Kier alpha value is -1.94. The van der Waals surface area contributed by atoms with Crippen LogP contribution in [-0.2, 0) is 13.6 Å². The Labute approximate surface area is 135 Å². The lowest BCUT2D eigenvalue weighted by Gasteiger charge is -2.23. The summed E-state index contributed by atoms with van der Waals surface area (Å²) >= 11 is 0. The average Bonchev–Trinajstić information content (AvgIpc) is 2.60. The van der Waals surface area contributed by atoms with Crippen molar-refractivity contribution >= 4 is 19.4 Å². The minimum atomic E-state index is -3.40. The Morgan fingerprint density at radius 1 is 1.04 bits per heavy atom. The number of hydrogen-bond acceptors (Lipinski definition) is 4. The fourth-order valence-electron chi connectivity index (χ4n) is 2.02. The summed E-state index contributed by atoms with van der Waals surface area (Å²) in [6.07, 6.45) is 3.54. The lowest BCUT2D eigenvalue weighted by atomic mass is 10.2. The first-order valence-electron chi connectivity index (χ1n) is 7.04. The van der Waals surface area contributed by atoms with Crippen LogP contribution in [0.4, 0.5) is 10.1 Å². The molecule has 2 aromatic rings. The van der Waals surface area contributed by atoms with Gasteiger partial charge in [0.25, 0.3) is 0 Å². The molecule has 1 atom stereocenters. The lowest BCUT2D eigenvalue weighted by molar-refractivity contribution is 0.272. The van der Waals surface area contributed by atoms with Crippen LogP contribution < -0.4 is 5.32 Å². The number of benzene rings is 2. The molecule has 1 unspecified atom stereocenters. The summed E-state index contributed by atoms with van der Waals surface area (Å²) in [6, 6.07) is 15.4. The number of hydrogen-bond donors (Lipinski definition) is 1. The smallest absolute Gasteiger partial charge is 0.356 e. The van der Waals surface area contributed by atoms with Gasteiger partial charge in [-0.05, 0) is 35.9 Å². The topological polar surface area (TPSA) is 47.6 Å². The normalized spacial score (nSPS) is 13.2. The highest BCUT2D eigenvalue weighted by Gasteiger charge is 2.32. The van der Waals surface area contributed by atoms with Gasteiger partial charge in [-0.1, -0.05) is 36.4 Å². The molecule has 0 aromatic heterocycles. The van der Waals surface area contributed by atoms with Crippen molar-refractivity contribution in [2.45, 2.75) is 5.78 Å². The SMILES string of the molecule is COP(=O)(OC)C(/C=C/c1ccccc1)Nc1ccc(F)cc1. The van der Waals surface area contributed by atoms with Crippen LogP contribution in [-0.4, -0.2) is 20.0 Å². The third-order valence-electron chi connectivity index (χ3n) is 3.28. The Kier molecular flexibility index (Phi) is 6.11. The van der Waals surface area contributed by atoms with Crippen molar-refractivity contribution < 1.29 is 18.0 Å². The first-order valence-corrected chi connectivity index (χ1v) is 8.65. The van der Waals surface area contributed by atoms with E-state index in [2.05, 4.69) is 5.32 Å². The quantitative estimate of drug-likeness (QED) is 0.741. The Morgan fingerprint density at radius 3 is 2.22 bits per heavy atom. The van der Waals surface area contributed by atoms with Crippen molar-refractivity contribution in [3.05, 3.63) is 72.1 Å². The van der Waals surface area contributed by atoms with E-state index in [0.717, 1.165) is 5.56 Å².